The van der Waals surface area contributed by atoms with Gasteiger partial charge in [0.25, 0.3) is 0 Å². The molecular weight excluding hydrogens is 657 g/mol. The Hall–Kier alpha value is -6.91. The largest absolute Gasteiger partial charge is 0.311 e. The van der Waals surface area contributed by atoms with Gasteiger partial charge in [-0.2, -0.15) is 0 Å². The molecule has 4 heteroatoms. The third-order valence-electron chi connectivity index (χ3n) is 11.4. The Labute approximate surface area is 313 Å². The molecular formula is C50H34N4. The van der Waals surface area contributed by atoms with Crippen molar-refractivity contribution in [2.24, 2.45) is 0 Å². The lowest BCUT2D eigenvalue weighted by atomic mass is 9.77. The number of hydrogen-bond acceptors (Lipinski definition) is 3. The molecule has 254 valence electrons. The van der Waals surface area contributed by atoms with Gasteiger partial charge in [0.05, 0.1) is 11.0 Å². The van der Waals surface area contributed by atoms with E-state index in [-0.39, 0.29) is 11.8 Å². The van der Waals surface area contributed by atoms with Crippen molar-refractivity contribution < 1.29 is 0 Å². The van der Waals surface area contributed by atoms with Crippen molar-refractivity contribution in [1.82, 2.24) is 19.4 Å². The highest BCUT2D eigenvalue weighted by Gasteiger charge is 2.32. The van der Waals surface area contributed by atoms with Gasteiger partial charge in [0.15, 0.2) is 17.5 Å². The molecule has 11 rings (SSSR count). The molecule has 2 unspecified atom stereocenters. The number of aromatic nitrogens is 4. The molecule has 3 aromatic heterocycles. The molecule has 3 heterocycles. The zero-order valence-electron chi connectivity index (χ0n) is 29.7. The van der Waals surface area contributed by atoms with Crippen LogP contribution < -0.4 is 0 Å². The lowest BCUT2D eigenvalue weighted by Crippen LogP contribution is -2.13. The number of benzene rings is 7. The van der Waals surface area contributed by atoms with E-state index in [0.717, 1.165) is 27.8 Å². The Morgan fingerprint density at radius 2 is 1.02 bits per heavy atom. The third-order valence-corrected chi connectivity index (χ3v) is 11.4. The van der Waals surface area contributed by atoms with Gasteiger partial charge in [-0.1, -0.05) is 177 Å². The van der Waals surface area contributed by atoms with Crippen molar-refractivity contribution >= 4 is 44.0 Å². The standard InChI is InChI=1S/C50H34N4/c1-31-34(27-30-43-42-25-14-24-41-40-22-12-13-26-45(40)54(46(31)43)47(41)42)38-28-29-39(36-20-9-8-19-35(36)38)37-21-10-11-23-44(37)50-52-48(32-15-4-2-5-16-32)51-49(53-50)33-17-6-3-7-18-33/h2-31,34H,1H3. The van der Waals surface area contributed by atoms with Gasteiger partial charge in [0, 0.05) is 55.9 Å². The highest BCUT2D eigenvalue weighted by Crippen LogP contribution is 2.49. The third kappa shape index (κ3) is 4.60. The van der Waals surface area contributed by atoms with Crippen LogP contribution in [0, 0.1) is 0 Å². The zero-order valence-corrected chi connectivity index (χ0v) is 29.7. The average molecular weight is 691 g/mol. The molecule has 0 radical (unpaired) electrons. The SMILES string of the molecule is CC1c2c(c3cccc4c5ccccc5n2c34)C=CC1c1ccc(-c2ccccc2-c2nc(-c3ccccc3)nc(-c3ccccc3)n2)c2ccccc12. The highest BCUT2D eigenvalue weighted by atomic mass is 15.0. The van der Waals surface area contributed by atoms with Gasteiger partial charge in [-0.05, 0) is 33.5 Å². The van der Waals surface area contributed by atoms with Gasteiger partial charge >= 0.3 is 0 Å². The first-order chi connectivity index (χ1) is 26.7. The van der Waals surface area contributed by atoms with Crippen LogP contribution in [0.2, 0.25) is 0 Å². The lowest BCUT2D eigenvalue weighted by molar-refractivity contribution is 0.651. The molecule has 0 saturated carbocycles. The van der Waals surface area contributed by atoms with Gasteiger partial charge in [-0.25, -0.2) is 15.0 Å². The fraction of sp³-hybridized carbons (Fsp3) is 0.0600. The van der Waals surface area contributed by atoms with E-state index in [9.17, 15) is 0 Å². The first-order valence-corrected chi connectivity index (χ1v) is 18.7. The van der Waals surface area contributed by atoms with E-state index >= 15 is 0 Å². The molecule has 0 amide bonds. The van der Waals surface area contributed by atoms with E-state index in [1.807, 2.05) is 36.4 Å². The zero-order chi connectivity index (χ0) is 35.8. The minimum Gasteiger partial charge on any atom is -0.311 e. The van der Waals surface area contributed by atoms with Crippen molar-refractivity contribution in [1.29, 1.82) is 0 Å². The molecule has 0 bridgehead atoms. The molecule has 0 fully saturated rings. The highest BCUT2D eigenvalue weighted by molar-refractivity contribution is 6.17. The molecule has 2 atom stereocenters. The van der Waals surface area contributed by atoms with Crippen molar-refractivity contribution in [3.63, 3.8) is 0 Å². The Balaban J connectivity index is 1.07. The molecule has 1 aliphatic rings. The molecule has 10 aromatic rings. The second-order valence-corrected chi connectivity index (χ2v) is 14.4. The summed E-state index contributed by atoms with van der Waals surface area (Å²) in [5.74, 6) is 2.43. The number of fused-ring (bicyclic) bond motifs is 7. The van der Waals surface area contributed by atoms with Crippen LogP contribution in [0.1, 0.15) is 35.6 Å². The predicted octanol–water partition coefficient (Wildman–Crippen LogP) is 12.6. The molecule has 54 heavy (non-hydrogen) atoms. The van der Waals surface area contributed by atoms with Crippen molar-refractivity contribution in [3.8, 4) is 45.3 Å². The summed E-state index contributed by atoms with van der Waals surface area (Å²) in [5.41, 5.74) is 11.8. The fourth-order valence-corrected chi connectivity index (χ4v) is 8.97. The van der Waals surface area contributed by atoms with Crippen LogP contribution in [0.15, 0.2) is 170 Å². The number of nitrogens with zero attached hydrogens (tertiary/aromatic N) is 4. The minimum atomic E-state index is 0.203. The molecule has 0 N–H and O–H groups in total. The summed E-state index contributed by atoms with van der Waals surface area (Å²) in [4.78, 5) is 15.2. The van der Waals surface area contributed by atoms with Crippen molar-refractivity contribution in [2.45, 2.75) is 18.8 Å². The van der Waals surface area contributed by atoms with Crippen LogP contribution in [0.4, 0.5) is 0 Å². The van der Waals surface area contributed by atoms with Gasteiger partial charge < -0.3 is 4.40 Å². The maximum absolute atomic E-state index is 5.11. The number of hydrogen-bond donors (Lipinski definition) is 0. The summed E-state index contributed by atoms with van der Waals surface area (Å²) in [7, 11) is 0. The maximum atomic E-state index is 5.11. The Bertz CT molecular complexity index is 3010. The van der Waals surface area contributed by atoms with E-state index in [1.54, 1.807) is 0 Å². The second kappa shape index (κ2) is 12.1. The van der Waals surface area contributed by atoms with Crippen molar-refractivity contribution in [3.05, 3.63) is 187 Å². The van der Waals surface area contributed by atoms with Gasteiger partial charge in [0.2, 0.25) is 0 Å². The average Bonchev–Trinajstić information content (AvgIpc) is 3.77. The number of rotatable bonds is 5. The molecule has 7 aromatic carbocycles. The molecule has 0 aliphatic heterocycles. The summed E-state index contributed by atoms with van der Waals surface area (Å²) in [5, 5.41) is 6.46. The van der Waals surface area contributed by atoms with Gasteiger partial charge in [0.1, 0.15) is 0 Å². The number of allylic oxidation sites excluding steroid dienone is 1. The first kappa shape index (κ1) is 30.7. The second-order valence-electron chi connectivity index (χ2n) is 14.4. The summed E-state index contributed by atoms with van der Waals surface area (Å²) in [6.45, 7) is 2.41. The van der Waals surface area contributed by atoms with Crippen LogP contribution in [-0.4, -0.2) is 19.4 Å². The van der Waals surface area contributed by atoms with Gasteiger partial charge in [-0.15, -0.1) is 0 Å². The van der Waals surface area contributed by atoms with Crippen molar-refractivity contribution in [2.75, 3.05) is 0 Å². The van der Waals surface area contributed by atoms with E-state index in [1.165, 1.54) is 54.8 Å². The quantitative estimate of drug-likeness (QED) is 0.181. The van der Waals surface area contributed by atoms with Crippen LogP contribution in [-0.2, 0) is 0 Å². The fourth-order valence-electron chi connectivity index (χ4n) is 8.97. The van der Waals surface area contributed by atoms with E-state index in [0.29, 0.717) is 17.5 Å². The summed E-state index contributed by atoms with van der Waals surface area (Å²) in [6.07, 6.45) is 4.82. The Morgan fingerprint density at radius 1 is 0.444 bits per heavy atom. The van der Waals surface area contributed by atoms with Crippen LogP contribution >= 0.6 is 0 Å². The maximum Gasteiger partial charge on any atom is 0.164 e. The van der Waals surface area contributed by atoms with Crippen LogP contribution in [0.3, 0.4) is 0 Å². The normalized spacial score (nSPS) is 15.4. The van der Waals surface area contributed by atoms with Crippen LogP contribution in [0.25, 0.3) is 89.3 Å². The topological polar surface area (TPSA) is 43.1 Å². The monoisotopic (exact) mass is 690 g/mol. The number of para-hydroxylation sites is 2. The molecule has 0 spiro atoms. The first-order valence-electron chi connectivity index (χ1n) is 18.7. The smallest absolute Gasteiger partial charge is 0.164 e. The predicted molar refractivity (Wildman–Crippen MR) is 223 cm³/mol. The molecule has 0 saturated heterocycles. The van der Waals surface area contributed by atoms with E-state index in [4.69, 9.17) is 15.0 Å². The van der Waals surface area contributed by atoms with E-state index in [2.05, 4.69) is 151 Å². The minimum absolute atomic E-state index is 0.203. The van der Waals surface area contributed by atoms with E-state index < -0.39 is 0 Å². The van der Waals surface area contributed by atoms with Gasteiger partial charge in [-0.3, -0.25) is 0 Å². The summed E-state index contributed by atoms with van der Waals surface area (Å²) >= 11 is 0. The summed E-state index contributed by atoms with van der Waals surface area (Å²) in [6, 6.07) is 58.0. The van der Waals surface area contributed by atoms with Crippen LogP contribution in [0.5, 0.6) is 0 Å². The molecule has 1 aliphatic carbocycles. The lowest BCUT2D eigenvalue weighted by Gasteiger charge is -2.28. The molecule has 4 nitrogen and oxygen atoms in total. The Morgan fingerprint density at radius 3 is 1.76 bits per heavy atom. The summed E-state index contributed by atoms with van der Waals surface area (Å²) < 4.78 is 2.55. The Kier molecular flexibility index (Phi) is 6.86.